The number of aromatic nitrogens is 2. The summed E-state index contributed by atoms with van der Waals surface area (Å²) < 4.78 is 29.2. The van der Waals surface area contributed by atoms with Gasteiger partial charge in [-0.25, -0.2) is 8.42 Å². The van der Waals surface area contributed by atoms with Crippen LogP contribution in [0.25, 0.3) is 0 Å². The average Bonchev–Trinajstić information content (AvgIpc) is 3.03. The topological polar surface area (TPSA) is 102 Å². The number of hydrogen-bond acceptors (Lipinski definition) is 6. The minimum absolute atomic E-state index is 0.00342. The van der Waals surface area contributed by atoms with Gasteiger partial charge in [-0.3, -0.25) is 4.79 Å². The molecule has 7 nitrogen and oxygen atoms in total. The molecule has 0 bridgehead atoms. The third-order valence-electron chi connectivity index (χ3n) is 3.35. The summed E-state index contributed by atoms with van der Waals surface area (Å²) in [6.07, 6.45) is 0.861. The lowest BCUT2D eigenvalue weighted by molar-refractivity contribution is 0.0895. The molecule has 0 saturated heterocycles. The minimum Gasteiger partial charge on any atom is -0.345 e. The van der Waals surface area contributed by atoms with Crippen LogP contribution < -0.4 is 5.32 Å². The van der Waals surface area contributed by atoms with E-state index >= 15 is 0 Å². The van der Waals surface area contributed by atoms with Gasteiger partial charge in [0.2, 0.25) is 0 Å². The van der Waals surface area contributed by atoms with Crippen molar-refractivity contribution in [2.75, 3.05) is 5.75 Å². The Morgan fingerprint density at radius 2 is 2.00 bits per heavy atom. The van der Waals surface area contributed by atoms with Crippen LogP contribution in [-0.4, -0.2) is 36.3 Å². The van der Waals surface area contributed by atoms with E-state index in [2.05, 4.69) is 15.5 Å². The van der Waals surface area contributed by atoms with Crippen molar-refractivity contribution in [1.29, 1.82) is 0 Å². The molecule has 1 aromatic heterocycles. The predicted molar refractivity (Wildman–Crippen MR) is 83.7 cm³/mol. The van der Waals surface area contributed by atoms with Crippen LogP contribution in [0.3, 0.4) is 0 Å². The normalized spacial score (nSPS) is 12.8. The minimum atomic E-state index is -3.41. The van der Waals surface area contributed by atoms with E-state index in [1.54, 1.807) is 18.2 Å². The highest BCUT2D eigenvalue weighted by Crippen LogP contribution is 2.11. The van der Waals surface area contributed by atoms with Crippen molar-refractivity contribution >= 4 is 15.7 Å². The number of sulfone groups is 1. The van der Waals surface area contributed by atoms with Crippen molar-refractivity contribution in [3.63, 3.8) is 0 Å². The molecule has 124 valence electrons. The van der Waals surface area contributed by atoms with Crippen molar-refractivity contribution in [2.24, 2.45) is 0 Å². The van der Waals surface area contributed by atoms with Crippen molar-refractivity contribution in [1.82, 2.24) is 15.5 Å². The molecule has 1 atom stereocenters. The largest absolute Gasteiger partial charge is 0.345 e. The number of aryl methyl sites for hydroxylation is 1. The zero-order valence-corrected chi connectivity index (χ0v) is 13.8. The molecule has 0 fully saturated rings. The molecule has 0 spiro atoms. The summed E-state index contributed by atoms with van der Waals surface area (Å²) >= 11 is 0. The smallest absolute Gasteiger partial charge is 0.315 e. The van der Waals surface area contributed by atoms with Crippen LogP contribution in [0, 0.1) is 0 Å². The molecule has 1 N–H and O–H groups in total. The van der Waals surface area contributed by atoms with Gasteiger partial charge in [0.05, 0.1) is 10.6 Å². The third-order valence-corrected chi connectivity index (χ3v) is 5.08. The van der Waals surface area contributed by atoms with Gasteiger partial charge in [-0.05, 0) is 25.5 Å². The Bertz CT molecular complexity index is 756. The van der Waals surface area contributed by atoms with E-state index in [4.69, 9.17) is 4.52 Å². The van der Waals surface area contributed by atoms with Crippen LogP contribution in [0.1, 0.15) is 36.8 Å². The predicted octanol–water partition coefficient (Wildman–Crippen LogP) is 1.61. The van der Waals surface area contributed by atoms with Crippen LogP contribution in [0.2, 0.25) is 0 Å². The fraction of sp³-hybridized carbons (Fsp3) is 0.400. The summed E-state index contributed by atoms with van der Waals surface area (Å²) in [4.78, 5) is 16.0. The summed E-state index contributed by atoms with van der Waals surface area (Å²) in [5, 5.41) is 6.36. The number of hydrogen-bond donors (Lipinski definition) is 1. The molecule has 1 amide bonds. The molecular weight excluding hydrogens is 318 g/mol. The quantitative estimate of drug-likeness (QED) is 0.823. The van der Waals surface area contributed by atoms with E-state index < -0.39 is 15.7 Å². The van der Waals surface area contributed by atoms with Crippen LogP contribution in [0.5, 0.6) is 0 Å². The van der Waals surface area contributed by atoms with Crippen molar-refractivity contribution in [3.05, 3.63) is 42.0 Å². The van der Waals surface area contributed by atoms with Crippen LogP contribution >= 0.6 is 0 Å². The van der Waals surface area contributed by atoms with E-state index in [0.29, 0.717) is 0 Å². The van der Waals surface area contributed by atoms with Gasteiger partial charge in [0.25, 0.3) is 0 Å². The molecule has 8 heteroatoms. The summed E-state index contributed by atoms with van der Waals surface area (Å²) in [6.45, 7) is 3.81. The molecule has 2 aromatic rings. The Balaban J connectivity index is 1.99. The van der Waals surface area contributed by atoms with Gasteiger partial charge < -0.3 is 9.84 Å². The molecule has 0 aliphatic heterocycles. The maximum absolute atomic E-state index is 12.2. The van der Waals surface area contributed by atoms with E-state index in [-0.39, 0.29) is 34.8 Å². The average molecular weight is 337 g/mol. The second kappa shape index (κ2) is 7.36. The van der Waals surface area contributed by atoms with Gasteiger partial charge >= 0.3 is 11.8 Å². The van der Waals surface area contributed by atoms with E-state index in [9.17, 15) is 13.2 Å². The highest BCUT2D eigenvalue weighted by Gasteiger charge is 2.19. The van der Waals surface area contributed by atoms with Crippen molar-refractivity contribution in [2.45, 2.75) is 37.6 Å². The molecular formula is C15H19N3O4S. The first kappa shape index (κ1) is 17.1. The fourth-order valence-corrected chi connectivity index (χ4v) is 3.07. The molecule has 1 aromatic carbocycles. The van der Waals surface area contributed by atoms with Crippen molar-refractivity contribution < 1.29 is 17.7 Å². The third kappa shape index (κ3) is 4.62. The Morgan fingerprint density at radius 1 is 1.30 bits per heavy atom. The number of rotatable bonds is 7. The van der Waals surface area contributed by atoms with Crippen molar-refractivity contribution in [3.8, 4) is 0 Å². The molecule has 0 saturated carbocycles. The molecule has 0 radical (unpaired) electrons. The number of carbonyl (C=O) groups excluding carboxylic acids is 1. The summed E-state index contributed by atoms with van der Waals surface area (Å²) in [7, 11) is -3.41. The Morgan fingerprint density at radius 3 is 2.65 bits per heavy atom. The zero-order chi connectivity index (χ0) is 16.9. The molecule has 0 unspecified atom stereocenters. The Kier molecular flexibility index (Phi) is 5.49. The van der Waals surface area contributed by atoms with Gasteiger partial charge in [0.15, 0.2) is 15.7 Å². The Hall–Kier alpha value is -2.22. The highest BCUT2D eigenvalue weighted by atomic mass is 32.2. The second-order valence-electron chi connectivity index (χ2n) is 5.18. The highest BCUT2D eigenvalue weighted by molar-refractivity contribution is 7.91. The first-order chi connectivity index (χ1) is 10.9. The van der Waals surface area contributed by atoms with Gasteiger partial charge in [0, 0.05) is 12.5 Å². The van der Waals surface area contributed by atoms with Crippen LogP contribution in [0.4, 0.5) is 0 Å². The number of nitrogens with one attached hydrogen (secondary N) is 1. The molecule has 0 aliphatic rings. The van der Waals surface area contributed by atoms with Gasteiger partial charge in [-0.15, -0.1) is 0 Å². The maximum atomic E-state index is 12.2. The summed E-state index contributed by atoms with van der Waals surface area (Å²) in [5.74, 6) is -0.566. The molecule has 2 rings (SSSR count). The first-order valence-electron chi connectivity index (χ1n) is 7.33. The lowest BCUT2D eigenvalue weighted by Gasteiger charge is -2.07. The van der Waals surface area contributed by atoms with Gasteiger partial charge in [0.1, 0.15) is 0 Å². The van der Waals surface area contributed by atoms with E-state index in [1.165, 1.54) is 12.1 Å². The monoisotopic (exact) mass is 337 g/mol. The maximum Gasteiger partial charge on any atom is 0.315 e. The lowest BCUT2D eigenvalue weighted by atomic mass is 10.2. The number of benzene rings is 1. The Labute approximate surface area is 135 Å². The van der Waals surface area contributed by atoms with Gasteiger partial charge in [-0.2, -0.15) is 4.98 Å². The fourth-order valence-electron chi connectivity index (χ4n) is 1.81. The first-order valence-corrected chi connectivity index (χ1v) is 8.99. The van der Waals surface area contributed by atoms with Gasteiger partial charge in [-0.1, -0.05) is 30.3 Å². The molecule has 1 heterocycles. The standard InChI is InChI=1S/C15H19N3O4S/c1-3-11(2)16-14(19)15-17-13(18-22-15)9-10-23(20,21)12-7-5-4-6-8-12/h4-8,11H,3,9-10H2,1-2H3,(H,16,19)/t11-/m1/s1. The van der Waals surface area contributed by atoms with E-state index in [1.807, 2.05) is 13.8 Å². The summed E-state index contributed by atoms with van der Waals surface area (Å²) in [6, 6.07) is 8.15. The van der Waals surface area contributed by atoms with E-state index in [0.717, 1.165) is 6.42 Å². The number of amides is 1. The lowest BCUT2D eigenvalue weighted by Crippen LogP contribution is -2.32. The summed E-state index contributed by atoms with van der Waals surface area (Å²) in [5.41, 5.74) is 0. The van der Waals surface area contributed by atoms with Crippen LogP contribution in [0.15, 0.2) is 39.8 Å². The molecule has 0 aliphatic carbocycles. The molecule has 23 heavy (non-hydrogen) atoms. The zero-order valence-electron chi connectivity index (χ0n) is 13.0. The SMILES string of the molecule is CC[C@@H](C)NC(=O)c1nc(CCS(=O)(=O)c2ccccc2)no1. The second-order valence-corrected chi connectivity index (χ2v) is 7.29. The number of carbonyl (C=O) groups is 1. The number of nitrogens with zero attached hydrogens (tertiary/aromatic N) is 2. The van der Waals surface area contributed by atoms with Crippen LogP contribution in [-0.2, 0) is 16.3 Å².